The highest BCUT2D eigenvalue weighted by Crippen LogP contribution is 2.11. The average molecular weight is 380 g/mol. The number of nitrogens with zero attached hydrogens (tertiary/aromatic N) is 5. The van der Waals surface area contributed by atoms with Gasteiger partial charge in [-0.05, 0) is 42.5 Å². The molecule has 0 fully saturated rings. The summed E-state index contributed by atoms with van der Waals surface area (Å²) >= 11 is 0. The van der Waals surface area contributed by atoms with Gasteiger partial charge in [-0.2, -0.15) is 10.2 Å². The highest BCUT2D eigenvalue weighted by Gasteiger charge is 2.04. The van der Waals surface area contributed by atoms with Crippen LogP contribution in [-0.4, -0.2) is 38.6 Å². The number of aromatic nitrogens is 4. The summed E-state index contributed by atoms with van der Waals surface area (Å²) in [6, 6.07) is 10.3. The van der Waals surface area contributed by atoms with Gasteiger partial charge in [0.2, 0.25) is 0 Å². The van der Waals surface area contributed by atoms with Gasteiger partial charge in [0.25, 0.3) is 0 Å². The van der Waals surface area contributed by atoms with Crippen LogP contribution in [0.5, 0.6) is 0 Å². The van der Waals surface area contributed by atoms with Gasteiger partial charge >= 0.3 is 0 Å². The first-order valence-electron chi connectivity index (χ1n) is 9.78. The van der Waals surface area contributed by atoms with E-state index in [1.165, 1.54) is 16.7 Å². The van der Waals surface area contributed by atoms with E-state index in [-0.39, 0.29) is 0 Å². The zero-order valence-electron chi connectivity index (χ0n) is 16.7. The van der Waals surface area contributed by atoms with Gasteiger partial charge in [0.05, 0.1) is 19.3 Å². The molecule has 0 aliphatic carbocycles. The molecule has 2 heterocycles. The van der Waals surface area contributed by atoms with Gasteiger partial charge in [0, 0.05) is 38.7 Å². The van der Waals surface area contributed by atoms with Gasteiger partial charge in [0.1, 0.15) is 0 Å². The van der Waals surface area contributed by atoms with Crippen molar-refractivity contribution in [1.82, 2.24) is 30.2 Å². The van der Waals surface area contributed by atoms with Gasteiger partial charge in [-0.15, -0.1) is 0 Å². The summed E-state index contributed by atoms with van der Waals surface area (Å²) in [5.41, 5.74) is 3.71. The molecule has 7 heteroatoms. The molecule has 1 aromatic carbocycles. The molecule has 0 saturated heterocycles. The van der Waals surface area contributed by atoms with Crippen LogP contribution in [0.15, 0.2) is 60.1 Å². The lowest BCUT2D eigenvalue weighted by atomic mass is 10.1. The third-order valence-electron chi connectivity index (χ3n) is 4.45. The molecular weight excluding hydrogens is 350 g/mol. The Labute approximate surface area is 166 Å². The number of benzene rings is 1. The molecular formula is C21H29N7. The number of hydrogen-bond acceptors (Lipinski definition) is 3. The molecule has 28 heavy (non-hydrogen) atoms. The minimum absolute atomic E-state index is 0.634. The predicted molar refractivity (Wildman–Crippen MR) is 112 cm³/mol. The molecule has 0 amide bonds. The summed E-state index contributed by atoms with van der Waals surface area (Å²) < 4.78 is 3.78. The minimum Gasteiger partial charge on any atom is -0.357 e. The summed E-state index contributed by atoms with van der Waals surface area (Å²) in [7, 11) is 1.95. The predicted octanol–water partition coefficient (Wildman–Crippen LogP) is 2.35. The number of aryl methyl sites for hydroxylation is 2. The van der Waals surface area contributed by atoms with Gasteiger partial charge in [-0.3, -0.25) is 9.36 Å². The van der Waals surface area contributed by atoms with E-state index in [0.717, 1.165) is 38.4 Å². The van der Waals surface area contributed by atoms with E-state index in [0.29, 0.717) is 6.54 Å². The Balaban J connectivity index is 1.55. The van der Waals surface area contributed by atoms with Crippen molar-refractivity contribution in [2.75, 3.05) is 13.1 Å². The molecule has 7 nitrogen and oxygen atoms in total. The quantitative estimate of drug-likeness (QED) is 0.340. The fourth-order valence-electron chi connectivity index (χ4n) is 3.04. The van der Waals surface area contributed by atoms with Crippen LogP contribution in [0.25, 0.3) is 0 Å². The number of aliphatic imine (C=N–C) groups is 1. The third kappa shape index (κ3) is 5.97. The maximum absolute atomic E-state index is 4.77. The molecule has 0 aliphatic rings. The monoisotopic (exact) mass is 379 g/mol. The second kappa shape index (κ2) is 10.3. The smallest absolute Gasteiger partial charge is 0.191 e. The van der Waals surface area contributed by atoms with Crippen molar-refractivity contribution in [3.8, 4) is 0 Å². The number of nitrogens with one attached hydrogen (secondary N) is 2. The molecule has 2 aromatic heterocycles. The van der Waals surface area contributed by atoms with Crippen molar-refractivity contribution in [3.63, 3.8) is 0 Å². The molecule has 0 aliphatic heterocycles. The molecule has 3 aromatic rings. The van der Waals surface area contributed by atoms with E-state index in [2.05, 4.69) is 58.2 Å². The first-order valence-corrected chi connectivity index (χ1v) is 9.78. The Bertz CT molecular complexity index is 865. The van der Waals surface area contributed by atoms with Crippen LogP contribution in [0.3, 0.4) is 0 Å². The third-order valence-corrected chi connectivity index (χ3v) is 4.45. The van der Waals surface area contributed by atoms with Crippen LogP contribution >= 0.6 is 0 Å². The van der Waals surface area contributed by atoms with Crippen molar-refractivity contribution in [2.45, 2.75) is 32.9 Å². The largest absolute Gasteiger partial charge is 0.357 e. The van der Waals surface area contributed by atoms with Crippen LogP contribution < -0.4 is 10.6 Å². The molecule has 0 unspecified atom stereocenters. The molecule has 3 rings (SSSR count). The highest BCUT2D eigenvalue weighted by molar-refractivity contribution is 5.79. The van der Waals surface area contributed by atoms with Crippen molar-refractivity contribution >= 4 is 5.96 Å². The normalized spacial score (nSPS) is 11.6. The number of hydrogen-bond donors (Lipinski definition) is 2. The standard InChI is InChI=1S/C21H29N7/c1-3-22-21(23-11-6-8-18-14-26-27(2)16-18)24-15-19-9-4-5-10-20(19)17-28-13-7-12-25-28/h4-5,7,9-10,12-14,16H,3,6,8,11,15,17H2,1-2H3,(H2,22,23,24). The summed E-state index contributed by atoms with van der Waals surface area (Å²) in [4.78, 5) is 4.77. The average Bonchev–Trinajstić information content (AvgIpc) is 3.36. The molecule has 2 N–H and O–H groups in total. The second-order valence-corrected chi connectivity index (χ2v) is 6.72. The summed E-state index contributed by atoms with van der Waals surface area (Å²) in [5, 5.41) is 15.3. The fourth-order valence-corrected chi connectivity index (χ4v) is 3.04. The number of guanidine groups is 1. The van der Waals surface area contributed by atoms with Crippen LogP contribution in [0.1, 0.15) is 30.0 Å². The summed E-state index contributed by atoms with van der Waals surface area (Å²) in [5.74, 6) is 0.850. The topological polar surface area (TPSA) is 72.1 Å². The van der Waals surface area contributed by atoms with Gasteiger partial charge in [0.15, 0.2) is 5.96 Å². The van der Waals surface area contributed by atoms with E-state index in [4.69, 9.17) is 4.99 Å². The maximum Gasteiger partial charge on any atom is 0.191 e. The van der Waals surface area contributed by atoms with Crippen molar-refractivity contribution < 1.29 is 0 Å². The van der Waals surface area contributed by atoms with E-state index in [1.54, 1.807) is 6.20 Å². The van der Waals surface area contributed by atoms with E-state index < -0.39 is 0 Å². The Hall–Kier alpha value is -3.09. The zero-order valence-corrected chi connectivity index (χ0v) is 16.7. The molecule has 0 radical (unpaired) electrons. The Kier molecular flexibility index (Phi) is 7.23. The zero-order chi connectivity index (χ0) is 19.6. The highest BCUT2D eigenvalue weighted by atomic mass is 15.3. The van der Waals surface area contributed by atoms with Gasteiger partial charge < -0.3 is 10.6 Å². The van der Waals surface area contributed by atoms with Gasteiger partial charge in [-0.1, -0.05) is 24.3 Å². The van der Waals surface area contributed by atoms with E-state index >= 15 is 0 Å². The van der Waals surface area contributed by atoms with Gasteiger partial charge in [-0.25, -0.2) is 4.99 Å². The lowest BCUT2D eigenvalue weighted by molar-refractivity contribution is 0.680. The minimum atomic E-state index is 0.634. The van der Waals surface area contributed by atoms with Crippen molar-refractivity contribution in [1.29, 1.82) is 0 Å². The van der Waals surface area contributed by atoms with Crippen molar-refractivity contribution in [2.24, 2.45) is 12.0 Å². The second-order valence-electron chi connectivity index (χ2n) is 6.72. The van der Waals surface area contributed by atoms with Crippen molar-refractivity contribution in [3.05, 3.63) is 71.8 Å². The van der Waals surface area contributed by atoms with E-state index in [9.17, 15) is 0 Å². The van der Waals surface area contributed by atoms with Crippen LogP contribution in [-0.2, 0) is 26.6 Å². The summed E-state index contributed by atoms with van der Waals surface area (Å²) in [6.45, 7) is 5.18. The van der Waals surface area contributed by atoms with Crippen LogP contribution in [0.2, 0.25) is 0 Å². The maximum atomic E-state index is 4.77. The molecule has 0 bridgehead atoms. The van der Waals surface area contributed by atoms with Crippen LogP contribution in [0.4, 0.5) is 0 Å². The lowest BCUT2D eigenvalue weighted by Crippen LogP contribution is -2.37. The SMILES string of the molecule is CCNC(=NCc1ccccc1Cn1cccn1)NCCCc1cnn(C)c1. The first kappa shape index (κ1) is 19.7. The molecule has 0 spiro atoms. The summed E-state index contributed by atoms with van der Waals surface area (Å²) in [6.07, 6.45) is 9.82. The fraction of sp³-hybridized carbons (Fsp3) is 0.381. The Morgan fingerprint density at radius 1 is 1.11 bits per heavy atom. The lowest BCUT2D eigenvalue weighted by Gasteiger charge is -2.12. The van der Waals surface area contributed by atoms with Crippen LogP contribution in [0, 0.1) is 0 Å². The first-order chi connectivity index (χ1) is 13.7. The molecule has 148 valence electrons. The Morgan fingerprint density at radius 3 is 2.68 bits per heavy atom. The molecule has 0 atom stereocenters. The van der Waals surface area contributed by atoms with E-state index in [1.807, 2.05) is 34.9 Å². The Morgan fingerprint density at radius 2 is 1.96 bits per heavy atom. The molecule has 0 saturated carbocycles. The number of rotatable bonds is 9.